The Kier molecular flexibility index (Phi) is 3.57. The first kappa shape index (κ1) is 15.6. The van der Waals surface area contributed by atoms with Crippen molar-refractivity contribution in [3.63, 3.8) is 0 Å². The lowest BCUT2D eigenvalue weighted by molar-refractivity contribution is 0.0695. The van der Waals surface area contributed by atoms with Gasteiger partial charge in [-0.15, -0.1) is 22.7 Å². The fraction of sp³-hybridized carbons (Fsp3) is 0.176. The van der Waals surface area contributed by atoms with Gasteiger partial charge in [0, 0.05) is 18.7 Å². The van der Waals surface area contributed by atoms with Gasteiger partial charge in [0.15, 0.2) is 0 Å². The van der Waals surface area contributed by atoms with E-state index in [1.807, 2.05) is 0 Å². The summed E-state index contributed by atoms with van der Waals surface area (Å²) in [6, 6.07) is 4.41. The van der Waals surface area contributed by atoms with Crippen molar-refractivity contribution >= 4 is 38.8 Å². The smallest absolute Gasteiger partial charge is 0.266 e. The van der Waals surface area contributed by atoms with Gasteiger partial charge >= 0.3 is 0 Å². The molecule has 1 aliphatic rings. The number of rotatable bonds is 2. The Morgan fingerprint density at radius 2 is 2.31 bits per heavy atom. The van der Waals surface area contributed by atoms with Gasteiger partial charge in [0.2, 0.25) is 0 Å². The lowest BCUT2D eigenvalue weighted by atomic mass is 10.0. The molecule has 0 saturated heterocycles. The molecule has 4 heterocycles. The van der Waals surface area contributed by atoms with Gasteiger partial charge in [-0.1, -0.05) is 6.07 Å². The molecule has 1 aromatic carbocycles. The van der Waals surface area contributed by atoms with E-state index in [-0.39, 0.29) is 11.7 Å². The number of hydrogen-bond acceptors (Lipinski definition) is 6. The monoisotopic (exact) mass is 385 g/mol. The highest BCUT2D eigenvalue weighted by Gasteiger charge is 2.37. The molecule has 0 spiro atoms. The summed E-state index contributed by atoms with van der Waals surface area (Å²) < 4.78 is 14.6. The maximum atomic E-state index is 14.1. The molecule has 1 amide bonds. The summed E-state index contributed by atoms with van der Waals surface area (Å²) in [6.45, 7) is 0.537. The summed E-state index contributed by atoms with van der Waals surface area (Å²) in [5, 5.41) is 0.663. The highest BCUT2D eigenvalue weighted by Crippen LogP contribution is 2.38. The SMILES string of the molecule is O=C(c1cncs1)N1CCc2[nH]cnc2[C@H]1c1nc2cccc(F)c2s1. The molecule has 26 heavy (non-hydrogen) atoms. The Hall–Kier alpha value is -2.65. The Balaban J connectivity index is 1.66. The van der Waals surface area contributed by atoms with E-state index in [2.05, 4.69) is 19.9 Å². The van der Waals surface area contributed by atoms with Crippen LogP contribution >= 0.6 is 22.7 Å². The Morgan fingerprint density at radius 3 is 3.12 bits per heavy atom. The number of imidazole rings is 1. The number of nitrogens with zero attached hydrogens (tertiary/aromatic N) is 4. The number of aromatic amines is 1. The Morgan fingerprint density at radius 1 is 1.38 bits per heavy atom. The number of benzene rings is 1. The summed E-state index contributed by atoms with van der Waals surface area (Å²) in [5.41, 5.74) is 3.99. The van der Waals surface area contributed by atoms with Crippen molar-refractivity contribution in [2.75, 3.05) is 6.54 Å². The predicted molar refractivity (Wildman–Crippen MR) is 96.9 cm³/mol. The van der Waals surface area contributed by atoms with Crippen LogP contribution in [-0.4, -0.2) is 37.3 Å². The first-order valence-electron chi connectivity index (χ1n) is 7.99. The second-order valence-corrected chi connectivity index (χ2v) is 7.84. The number of aromatic nitrogens is 4. The number of H-pyrrole nitrogens is 1. The molecular formula is C17H12FN5OS2. The number of hydrogen-bond donors (Lipinski definition) is 1. The fourth-order valence-corrected chi connectivity index (χ4v) is 4.92. The molecule has 1 N–H and O–H groups in total. The second-order valence-electron chi connectivity index (χ2n) is 5.92. The van der Waals surface area contributed by atoms with E-state index >= 15 is 0 Å². The molecule has 0 unspecified atom stereocenters. The third kappa shape index (κ3) is 2.35. The number of carbonyl (C=O) groups is 1. The standard InChI is InChI=1S/C17H12FN5OS2/c18-9-2-1-3-11-15(9)26-16(22-11)14-13-10(20-7-21-13)4-5-23(14)17(24)12-6-19-8-25-12/h1-3,6-8,14H,4-5H2,(H,20,21)/t14-/m0/s1. The molecule has 1 aliphatic heterocycles. The molecule has 0 saturated carbocycles. The average Bonchev–Trinajstić information content (AvgIpc) is 3.39. The summed E-state index contributed by atoms with van der Waals surface area (Å²) in [4.78, 5) is 31.5. The van der Waals surface area contributed by atoms with Crippen LogP contribution in [-0.2, 0) is 6.42 Å². The zero-order valence-corrected chi connectivity index (χ0v) is 15.0. The van der Waals surface area contributed by atoms with Gasteiger partial charge in [-0.3, -0.25) is 9.78 Å². The van der Waals surface area contributed by atoms with Gasteiger partial charge in [0.25, 0.3) is 5.91 Å². The van der Waals surface area contributed by atoms with Gasteiger partial charge < -0.3 is 9.88 Å². The van der Waals surface area contributed by atoms with Crippen LogP contribution in [0.3, 0.4) is 0 Å². The van der Waals surface area contributed by atoms with Crippen molar-refractivity contribution in [2.24, 2.45) is 0 Å². The minimum absolute atomic E-state index is 0.106. The number of thiazole rings is 2. The summed E-state index contributed by atoms with van der Waals surface area (Å²) in [5.74, 6) is -0.407. The molecule has 0 aliphatic carbocycles. The molecule has 0 radical (unpaired) electrons. The molecule has 9 heteroatoms. The van der Waals surface area contributed by atoms with E-state index in [1.165, 1.54) is 28.7 Å². The van der Waals surface area contributed by atoms with Crippen molar-refractivity contribution in [3.05, 3.63) is 63.3 Å². The molecule has 5 rings (SSSR count). The minimum Gasteiger partial charge on any atom is -0.348 e. The van der Waals surface area contributed by atoms with Crippen molar-refractivity contribution in [2.45, 2.75) is 12.5 Å². The third-order valence-electron chi connectivity index (χ3n) is 4.45. The summed E-state index contributed by atoms with van der Waals surface area (Å²) in [6.07, 6.45) is 3.89. The summed E-state index contributed by atoms with van der Waals surface area (Å²) >= 11 is 2.57. The van der Waals surface area contributed by atoms with Gasteiger partial charge in [0.1, 0.15) is 21.7 Å². The van der Waals surface area contributed by atoms with E-state index in [1.54, 1.807) is 35.1 Å². The van der Waals surface area contributed by atoms with E-state index in [9.17, 15) is 9.18 Å². The number of amides is 1. The van der Waals surface area contributed by atoms with Gasteiger partial charge in [-0.05, 0) is 12.1 Å². The number of halogens is 1. The van der Waals surface area contributed by atoms with Crippen molar-refractivity contribution in [1.29, 1.82) is 0 Å². The van der Waals surface area contributed by atoms with E-state index in [4.69, 9.17) is 0 Å². The Bertz CT molecular complexity index is 1100. The van der Waals surface area contributed by atoms with Gasteiger partial charge in [-0.2, -0.15) is 0 Å². The predicted octanol–water partition coefficient (Wildman–Crippen LogP) is 3.40. The number of nitrogens with one attached hydrogen (secondary N) is 1. The van der Waals surface area contributed by atoms with E-state index in [0.717, 1.165) is 11.4 Å². The maximum Gasteiger partial charge on any atom is 0.266 e. The molecule has 0 fully saturated rings. The van der Waals surface area contributed by atoms with Crippen LogP contribution in [0.1, 0.15) is 32.1 Å². The van der Waals surface area contributed by atoms with Crippen LogP contribution in [0.25, 0.3) is 10.2 Å². The van der Waals surface area contributed by atoms with Gasteiger partial charge in [-0.25, -0.2) is 14.4 Å². The van der Waals surface area contributed by atoms with Crippen LogP contribution in [0.2, 0.25) is 0 Å². The molecule has 130 valence electrons. The fourth-order valence-electron chi connectivity index (χ4n) is 3.26. The largest absolute Gasteiger partial charge is 0.348 e. The molecule has 3 aromatic heterocycles. The van der Waals surface area contributed by atoms with Crippen molar-refractivity contribution in [1.82, 2.24) is 24.8 Å². The van der Waals surface area contributed by atoms with Crippen molar-refractivity contribution in [3.8, 4) is 0 Å². The van der Waals surface area contributed by atoms with Crippen LogP contribution in [0.15, 0.2) is 36.2 Å². The van der Waals surface area contributed by atoms with Crippen LogP contribution in [0, 0.1) is 5.82 Å². The quantitative estimate of drug-likeness (QED) is 0.574. The topological polar surface area (TPSA) is 74.8 Å². The lowest BCUT2D eigenvalue weighted by Crippen LogP contribution is -2.40. The highest BCUT2D eigenvalue weighted by molar-refractivity contribution is 7.18. The highest BCUT2D eigenvalue weighted by atomic mass is 32.1. The van der Waals surface area contributed by atoms with Gasteiger partial charge in [0.05, 0.1) is 33.9 Å². The van der Waals surface area contributed by atoms with Crippen LogP contribution in [0.5, 0.6) is 0 Å². The minimum atomic E-state index is -0.434. The number of carbonyl (C=O) groups excluding carboxylic acids is 1. The first-order chi connectivity index (χ1) is 12.7. The lowest BCUT2D eigenvalue weighted by Gasteiger charge is -2.33. The molecule has 4 aromatic rings. The Labute approximate surface area is 155 Å². The maximum absolute atomic E-state index is 14.1. The van der Waals surface area contributed by atoms with E-state index < -0.39 is 6.04 Å². The molecule has 0 bridgehead atoms. The van der Waals surface area contributed by atoms with Crippen LogP contribution < -0.4 is 0 Å². The van der Waals surface area contributed by atoms with Crippen molar-refractivity contribution < 1.29 is 9.18 Å². The third-order valence-corrected chi connectivity index (χ3v) is 6.34. The zero-order chi connectivity index (χ0) is 17.7. The molecule has 1 atom stereocenters. The average molecular weight is 385 g/mol. The summed E-state index contributed by atoms with van der Waals surface area (Å²) in [7, 11) is 0. The normalized spacial score (nSPS) is 16.8. The molecular weight excluding hydrogens is 373 g/mol. The van der Waals surface area contributed by atoms with Crippen LogP contribution in [0.4, 0.5) is 4.39 Å². The molecule has 6 nitrogen and oxygen atoms in total. The van der Waals surface area contributed by atoms with E-state index in [0.29, 0.717) is 33.1 Å². The zero-order valence-electron chi connectivity index (χ0n) is 13.3. The first-order valence-corrected chi connectivity index (χ1v) is 9.68. The second kappa shape index (κ2) is 5.96. The number of fused-ring (bicyclic) bond motifs is 2.